The van der Waals surface area contributed by atoms with E-state index in [0.29, 0.717) is 0 Å². The van der Waals surface area contributed by atoms with Gasteiger partial charge in [-0.25, -0.2) is 0 Å². The molecule has 0 atom stereocenters. The van der Waals surface area contributed by atoms with Crippen LogP contribution in [0.4, 0.5) is 0 Å². The number of nitrogens with zero attached hydrogens (tertiary/aromatic N) is 1. The second kappa shape index (κ2) is 4.94. The monoisotopic (exact) mass is 332 g/mol. The van der Waals surface area contributed by atoms with Gasteiger partial charge >= 0.3 is 0 Å². The Morgan fingerprint density at radius 1 is 1.21 bits per heavy atom. The van der Waals surface area contributed by atoms with Crippen molar-refractivity contribution in [3.8, 4) is 5.69 Å². The molecule has 1 aromatic heterocycles. The van der Waals surface area contributed by atoms with E-state index in [4.69, 9.17) is 12.2 Å². The highest BCUT2D eigenvalue weighted by Crippen LogP contribution is 2.23. The summed E-state index contributed by atoms with van der Waals surface area (Å²) in [5.74, 6) is 0. The Hall–Kier alpha value is -1.39. The average Bonchev–Trinajstić information content (AvgIpc) is 2.74. The number of aryl methyl sites for hydroxylation is 1. The third kappa shape index (κ3) is 2.26. The summed E-state index contributed by atoms with van der Waals surface area (Å²) in [4.78, 5) is 3.25. The van der Waals surface area contributed by atoms with E-state index in [0.717, 1.165) is 32.4 Å². The van der Waals surface area contributed by atoms with Gasteiger partial charge in [-0.1, -0.05) is 35.0 Å². The molecule has 0 aliphatic carbocycles. The van der Waals surface area contributed by atoms with Gasteiger partial charge in [0.2, 0.25) is 0 Å². The van der Waals surface area contributed by atoms with Gasteiger partial charge in [0.05, 0.1) is 11.0 Å². The molecule has 19 heavy (non-hydrogen) atoms. The summed E-state index contributed by atoms with van der Waals surface area (Å²) in [5.41, 5.74) is 4.56. The SMILES string of the molecule is CCc1cccc(-n2c(=S)[nH]c3ccc(Br)cc32)c1. The van der Waals surface area contributed by atoms with E-state index in [-0.39, 0.29) is 0 Å². The van der Waals surface area contributed by atoms with Crippen molar-refractivity contribution in [1.82, 2.24) is 9.55 Å². The molecule has 0 saturated carbocycles. The molecule has 0 fully saturated rings. The summed E-state index contributed by atoms with van der Waals surface area (Å²) in [6, 6.07) is 14.6. The van der Waals surface area contributed by atoms with Crippen LogP contribution in [0, 0.1) is 4.77 Å². The van der Waals surface area contributed by atoms with Crippen molar-refractivity contribution in [2.45, 2.75) is 13.3 Å². The van der Waals surface area contributed by atoms with Crippen molar-refractivity contribution >= 4 is 39.2 Å². The Morgan fingerprint density at radius 3 is 2.84 bits per heavy atom. The van der Waals surface area contributed by atoms with Crippen molar-refractivity contribution in [1.29, 1.82) is 0 Å². The minimum atomic E-state index is 0.723. The van der Waals surface area contributed by atoms with E-state index in [2.05, 4.69) is 62.7 Å². The lowest BCUT2D eigenvalue weighted by Crippen LogP contribution is -1.95. The summed E-state index contributed by atoms with van der Waals surface area (Å²) in [7, 11) is 0. The maximum absolute atomic E-state index is 5.45. The van der Waals surface area contributed by atoms with Gasteiger partial charge in [0.1, 0.15) is 0 Å². The number of hydrogen-bond donors (Lipinski definition) is 1. The summed E-state index contributed by atoms with van der Waals surface area (Å²) in [5, 5.41) is 0. The molecule has 0 amide bonds. The van der Waals surface area contributed by atoms with Gasteiger partial charge in [-0.2, -0.15) is 0 Å². The molecule has 0 unspecified atom stereocenters. The van der Waals surface area contributed by atoms with Crippen LogP contribution in [0.15, 0.2) is 46.9 Å². The van der Waals surface area contributed by atoms with Crippen LogP contribution >= 0.6 is 28.1 Å². The molecular weight excluding hydrogens is 320 g/mol. The quantitative estimate of drug-likeness (QED) is 0.654. The zero-order valence-corrected chi connectivity index (χ0v) is 12.9. The van der Waals surface area contributed by atoms with E-state index in [9.17, 15) is 0 Å². The third-order valence-corrected chi connectivity index (χ3v) is 4.00. The minimum absolute atomic E-state index is 0.723. The van der Waals surface area contributed by atoms with Gasteiger partial charge in [0, 0.05) is 10.2 Å². The number of H-pyrrole nitrogens is 1. The first-order valence-corrected chi connectivity index (χ1v) is 7.39. The standard InChI is InChI=1S/C15H13BrN2S/c1-2-10-4-3-5-12(8-10)18-14-9-11(16)6-7-13(14)17-15(18)19/h3-9H,2H2,1H3,(H,17,19). The number of benzene rings is 2. The zero-order chi connectivity index (χ0) is 13.4. The predicted molar refractivity (Wildman–Crippen MR) is 85.5 cm³/mol. The molecule has 0 spiro atoms. The van der Waals surface area contributed by atoms with Gasteiger partial charge in [-0.05, 0) is 54.5 Å². The smallest absolute Gasteiger partial charge is 0.182 e. The fraction of sp³-hybridized carbons (Fsp3) is 0.133. The number of hydrogen-bond acceptors (Lipinski definition) is 1. The second-order valence-electron chi connectivity index (χ2n) is 4.45. The van der Waals surface area contributed by atoms with Gasteiger partial charge < -0.3 is 4.98 Å². The van der Waals surface area contributed by atoms with E-state index >= 15 is 0 Å². The summed E-state index contributed by atoms with van der Waals surface area (Å²) >= 11 is 8.97. The van der Waals surface area contributed by atoms with Gasteiger partial charge in [0.25, 0.3) is 0 Å². The highest BCUT2D eigenvalue weighted by Gasteiger charge is 2.07. The first kappa shape index (κ1) is 12.6. The molecule has 0 saturated heterocycles. The van der Waals surface area contributed by atoms with Crippen molar-refractivity contribution in [3.63, 3.8) is 0 Å². The number of halogens is 1. The molecule has 2 aromatic carbocycles. The Bertz CT molecular complexity index is 801. The fourth-order valence-electron chi connectivity index (χ4n) is 2.25. The summed E-state index contributed by atoms with van der Waals surface area (Å²) in [6.07, 6.45) is 1.02. The largest absolute Gasteiger partial charge is 0.330 e. The molecule has 96 valence electrons. The van der Waals surface area contributed by atoms with Crippen LogP contribution < -0.4 is 0 Å². The molecule has 0 aliphatic heterocycles. The first-order chi connectivity index (χ1) is 9.19. The van der Waals surface area contributed by atoms with Crippen LogP contribution in [0.5, 0.6) is 0 Å². The summed E-state index contributed by atoms with van der Waals surface area (Å²) < 4.78 is 3.85. The van der Waals surface area contributed by atoms with Gasteiger partial charge in [-0.15, -0.1) is 0 Å². The van der Waals surface area contributed by atoms with E-state index in [1.54, 1.807) is 0 Å². The molecule has 1 heterocycles. The molecule has 0 bridgehead atoms. The second-order valence-corrected chi connectivity index (χ2v) is 5.75. The third-order valence-electron chi connectivity index (χ3n) is 3.22. The molecule has 0 aliphatic rings. The number of aromatic nitrogens is 2. The van der Waals surface area contributed by atoms with Gasteiger partial charge in [-0.3, -0.25) is 4.57 Å². The zero-order valence-electron chi connectivity index (χ0n) is 10.5. The number of fused-ring (bicyclic) bond motifs is 1. The molecular formula is C15H13BrN2S. The Balaban J connectivity index is 2.32. The van der Waals surface area contributed by atoms with Crippen LogP contribution in [0.1, 0.15) is 12.5 Å². The van der Waals surface area contributed by atoms with Crippen molar-refractivity contribution in [2.24, 2.45) is 0 Å². The number of rotatable bonds is 2. The van der Waals surface area contributed by atoms with E-state index < -0.39 is 0 Å². The lowest BCUT2D eigenvalue weighted by Gasteiger charge is -2.06. The maximum atomic E-state index is 5.45. The summed E-state index contributed by atoms with van der Waals surface area (Å²) in [6.45, 7) is 2.16. The lowest BCUT2D eigenvalue weighted by molar-refractivity contribution is 1.05. The van der Waals surface area contributed by atoms with Crippen LogP contribution in [-0.2, 0) is 6.42 Å². The minimum Gasteiger partial charge on any atom is -0.330 e. The van der Waals surface area contributed by atoms with Crippen LogP contribution in [0.3, 0.4) is 0 Å². The number of nitrogens with one attached hydrogen (secondary N) is 1. The molecule has 3 rings (SSSR count). The first-order valence-electron chi connectivity index (χ1n) is 6.18. The maximum Gasteiger partial charge on any atom is 0.182 e. The lowest BCUT2D eigenvalue weighted by atomic mass is 10.1. The number of imidazole rings is 1. The Labute approximate surface area is 125 Å². The highest BCUT2D eigenvalue weighted by molar-refractivity contribution is 9.10. The molecule has 0 radical (unpaired) electrons. The van der Waals surface area contributed by atoms with Crippen molar-refractivity contribution < 1.29 is 0 Å². The Kier molecular flexibility index (Phi) is 3.29. The molecule has 1 N–H and O–H groups in total. The topological polar surface area (TPSA) is 20.7 Å². The molecule has 3 aromatic rings. The van der Waals surface area contributed by atoms with Crippen molar-refractivity contribution in [3.05, 3.63) is 57.3 Å². The molecule has 2 nitrogen and oxygen atoms in total. The van der Waals surface area contributed by atoms with Crippen LogP contribution in [-0.4, -0.2) is 9.55 Å². The number of aromatic amines is 1. The Morgan fingerprint density at radius 2 is 2.05 bits per heavy atom. The molecule has 4 heteroatoms. The van der Waals surface area contributed by atoms with Crippen molar-refractivity contribution in [2.75, 3.05) is 0 Å². The van der Waals surface area contributed by atoms with Crippen LogP contribution in [0.2, 0.25) is 0 Å². The highest BCUT2D eigenvalue weighted by atomic mass is 79.9. The van der Waals surface area contributed by atoms with E-state index in [1.165, 1.54) is 5.56 Å². The fourth-order valence-corrected chi connectivity index (χ4v) is 2.91. The predicted octanol–water partition coefficient (Wildman–Crippen LogP) is 5.01. The normalized spacial score (nSPS) is 11.1. The van der Waals surface area contributed by atoms with Crippen LogP contribution in [0.25, 0.3) is 16.7 Å². The van der Waals surface area contributed by atoms with E-state index in [1.807, 2.05) is 12.1 Å². The van der Waals surface area contributed by atoms with Gasteiger partial charge in [0.15, 0.2) is 4.77 Å². The average molecular weight is 333 g/mol.